The van der Waals surface area contributed by atoms with Gasteiger partial charge in [0.25, 0.3) is 5.91 Å². The predicted molar refractivity (Wildman–Crippen MR) is 134 cm³/mol. The number of rotatable bonds is 4. The number of nitrogens with one attached hydrogen (secondary N) is 2. The van der Waals surface area contributed by atoms with Crippen molar-refractivity contribution in [2.45, 2.75) is 0 Å². The Bertz CT molecular complexity index is 1500. The van der Waals surface area contributed by atoms with E-state index in [1.165, 1.54) is 6.07 Å². The molecule has 1 aliphatic heterocycles. The zero-order chi connectivity index (χ0) is 24.4. The minimum atomic E-state index is -0.238. The number of pyridine rings is 1. The fourth-order valence-electron chi connectivity index (χ4n) is 3.96. The number of piperazine rings is 1. The summed E-state index contributed by atoms with van der Waals surface area (Å²) < 4.78 is 0. The topological polar surface area (TPSA) is 118 Å². The lowest BCUT2D eigenvalue weighted by atomic mass is 10.2. The van der Waals surface area contributed by atoms with Crippen molar-refractivity contribution < 1.29 is 4.79 Å². The summed E-state index contributed by atoms with van der Waals surface area (Å²) >= 11 is 5.94. The molecule has 1 amide bonds. The van der Waals surface area contributed by atoms with Crippen molar-refractivity contribution in [1.29, 1.82) is 5.26 Å². The quantitative estimate of drug-likeness (QED) is 0.453. The van der Waals surface area contributed by atoms with Gasteiger partial charge in [-0.3, -0.25) is 9.59 Å². The van der Waals surface area contributed by atoms with Crippen molar-refractivity contribution in [2.24, 2.45) is 0 Å². The van der Waals surface area contributed by atoms with Crippen molar-refractivity contribution in [2.75, 3.05) is 36.4 Å². The van der Waals surface area contributed by atoms with Crippen LogP contribution in [0.1, 0.15) is 15.9 Å². The van der Waals surface area contributed by atoms with E-state index in [-0.39, 0.29) is 11.5 Å². The number of amides is 1. The van der Waals surface area contributed by atoms with Crippen molar-refractivity contribution >= 4 is 46.0 Å². The number of fused-ring (bicyclic) bond motifs is 1. The minimum Gasteiger partial charge on any atom is -0.350 e. The van der Waals surface area contributed by atoms with Crippen LogP contribution < -0.4 is 15.8 Å². The summed E-state index contributed by atoms with van der Waals surface area (Å²) in [5.74, 6) is 1.49. The highest BCUT2D eigenvalue weighted by atomic mass is 35.5. The Morgan fingerprint density at radius 2 is 1.77 bits per heavy atom. The molecule has 174 valence electrons. The molecule has 0 radical (unpaired) electrons. The van der Waals surface area contributed by atoms with Gasteiger partial charge in [0.05, 0.1) is 22.7 Å². The predicted octanol–water partition coefficient (Wildman–Crippen LogP) is 3.55. The van der Waals surface area contributed by atoms with E-state index in [0.717, 1.165) is 0 Å². The van der Waals surface area contributed by atoms with Crippen LogP contribution in [0, 0.1) is 11.3 Å². The second kappa shape index (κ2) is 9.44. The number of nitriles is 1. The van der Waals surface area contributed by atoms with E-state index in [4.69, 9.17) is 21.6 Å². The molecular formula is C25H20ClN7O2. The van der Waals surface area contributed by atoms with Gasteiger partial charge >= 0.3 is 0 Å². The Labute approximate surface area is 205 Å². The van der Waals surface area contributed by atoms with Gasteiger partial charge in [0, 0.05) is 42.8 Å². The molecule has 1 saturated heterocycles. The van der Waals surface area contributed by atoms with E-state index in [1.54, 1.807) is 59.5 Å². The number of hydrogen-bond acceptors (Lipinski definition) is 7. The number of halogens is 1. The molecule has 9 nitrogen and oxygen atoms in total. The maximum Gasteiger partial charge on any atom is 0.253 e. The third-order valence-electron chi connectivity index (χ3n) is 5.75. The summed E-state index contributed by atoms with van der Waals surface area (Å²) in [5, 5.41) is 13.0. The zero-order valence-electron chi connectivity index (χ0n) is 18.5. The molecule has 4 aromatic rings. The second-order valence-electron chi connectivity index (χ2n) is 8.05. The molecule has 1 fully saturated rings. The third kappa shape index (κ3) is 4.78. The van der Waals surface area contributed by atoms with Crippen LogP contribution in [-0.2, 0) is 0 Å². The molecule has 0 aliphatic carbocycles. The van der Waals surface area contributed by atoms with E-state index < -0.39 is 0 Å². The summed E-state index contributed by atoms with van der Waals surface area (Å²) in [5.41, 5.74) is 2.05. The number of anilines is 3. The lowest BCUT2D eigenvalue weighted by molar-refractivity contribution is 0.0746. The number of hydrogen-bond donors (Lipinski definition) is 2. The van der Waals surface area contributed by atoms with Crippen LogP contribution >= 0.6 is 11.6 Å². The molecule has 0 unspecified atom stereocenters. The van der Waals surface area contributed by atoms with Crippen LogP contribution in [0.15, 0.2) is 65.5 Å². The average molecular weight is 486 g/mol. The first kappa shape index (κ1) is 22.4. The molecule has 0 spiro atoms. The Morgan fingerprint density at radius 1 is 1.00 bits per heavy atom. The van der Waals surface area contributed by atoms with Crippen LogP contribution in [0.4, 0.5) is 17.5 Å². The molecular weight excluding hydrogens is 466 g/mol. The summed E-state index contributed by atoms with van der Waals surface area (Å²) in [6.07, 6.45) is 0. The smallest absolute Gasteiger partial charge is 0.253 e. The van der Waals surface area contributed by atoms with Crippen LogP contribution in [0.2, 0.25) is 5.02 Å². The van der Waals surface area contributed by atoms with E-state index in [0.29, 0.717) is 70.8 Å². The largest absolute Gasteiger partial charge is 0.350 e. The number of aromatic amines is 1. The molecule has 0 atom stereocenters. The molecule has 10 heteroatoms. The minimum absolute atomic E-state index is 0.0511. The van der Waals surface area contributed by atoms with Crippen LogP contribution in [-0.4, -0.2) is 51.9 Å². The van der Waals surface area contributed by atoms with Gasteiger partial charge in [-0.05, 0) is 48.5 Å². The third-order valence-corrected chi connectivity index (χ3v) is 6.01. The summed E-state index contributed by atoms with van der Waals surface area (Å²) in [6.45, 7) is 2.08. The number of benzene rings is 2. The van der Waals surface area contributed by atoms with Gasteiger partial charge in [-0.2, -0.15) is 5.26 Å². The standard InChI is InChI=1S/C25H20ClN7O2/c26-18-7-5-17(6-8-18)25(35)33-12-10-32(11-13-33)24-23(31-21-2-1-3-22(34)30-21)28-19-9-4-16(15-27)14-20(19)29-24/h1-9,14H,10-13H2,(H2,28,30,31,34). The normalized spacial score (nSPS) is 13.5. The van der Waals surface area contributed by atoms with Gasteiger partial charge in [0.2, 0.25) is 5.56 Å². The Kier molecular flexibility index (Phi) is 6.04. The van der Waals surface area contributed by atoms with Crippen LogP contribution in [0.25, 0.3) is 11.0 Å². The van der Waals surface area contributed by atoms with E-state index in [1.807, 2.05) is 4.90 Å². The van der Waals surface area contributed by atoms with Gasteiger partial charge < -0.3 is 20.1 Å². The summed E-state index contributed by atoms with van der Waals surface area (Å²) in [4.78, 5) is 40.8. The van der Waals surface area contributed by atoms with Crippen molar-refractivity contribution in [3.8, 4) is 6.07 Å². The highest BCUT2D eigenvalue weighted by Crippen LogP contribution is 2.28. The molecule has 35 heavy (non-hydrogen) atoms. The van der Waals surface area contributed by atoms with Gasteiger partial charge in [0.15, 0.2) is 11.6 Å². The van der Waals surface area contributed by atoms with Crippen LogP contribution in [0.3, 0.4) is 0 Å². The lowest BCUT2D eigenvalue weighted by Crippen LogP contribution is -2.49. The fraction of sp³-hybridized carbons (Fsp3) is 0.160. The van der Waals surface area contributed by atoms with Gasteiger partial charge in [0.1, 0.15) is 5.82 Å². The van der Waals surface area contributed by atoms with Crippen molar-refractivity contribution in [3.63, 3.8) is 0 Å². The second-order valence-corrected chi connectivity index (χ2v) is 8.49. The highest BCUT2D eigenvalue weighted by molar-refractivity contribution is 6.30. The van der Waals surface area contributed by atoms with Crippen LogP contribution in [0.5, 0.6) is 0 Å². The molecule has 1 aliphatic rings. The Balaban J connectivity index is 1.44. The zero-order valence-corrected chi connectivity index (χ0v) is 19.3. The Hall–Kier alpha value is -4.42. The molecule has 3 heterocycles. The Morgan fingerprint density at radius 3 is 2.49 bits per heavy atom. The van der Waals surface area contributed by atoms with E-state index in [9.17, 15) is 14.9 Å². The number of aromatic nitrogens is 3. The number of carbonyl (C=O) groups is 1. The van der Waals surface area contributed by atoms with Crippen molar-refractivity contribution in [1.82, 2.24) is 19.9 Å². The molecule has 5 rings (SSSR count). The molecule has 2 aromatic carbocycles. The number of H-pyrrole nitrogens is 1. The first-order valence-corrected chi connectivity index (χ1v) is 11.4. The van der Waals surface area contributed by atoms with Gasteiger partial charge in [-0.15, -0.1) is 0 Å². The van der Waals surface area contributed by atoms with E-state index in [2.05, 4.69) is 16.4 Å². The van der Waals surface area contributed by atoms with Gasteiger partial charge in [-0.25, -0.2) is 9.97 Å². The fourth-order valence-corrected chi connectivity index (χ4v) is 4.09. The van der Waals surface area contributed by atoms with E-state index >= 15 is 0 Å². The maximum atomic E-state index is 12.9. The lowest BCUT2D eigenvalue weighted by Gasteiger charge is -2.36. The van der Waals surface area contributed by atoms with Gasteiger partial charge in [-0.1, -0.05) is 17.7 Å². The first-order chi connectivity index (χ1) is 17.0. The monoisotopic (exact) mass is 485 g/mol. The number of carbonyl (C=O) groups excluding carboxylic acids is 1. The maximum absolute atomic E-state index is 12.9. The molecule has 0 saturated carbocycles. The molecule has 2 aromatic heterocycles. The summed E-state index contributed by atoms with van der Waals surface area (Å²) in [7, 11) is 0. The average Bonchev–Trinajstić information content (AvgIpc) is 2.88. The number of nitrogens with zero attached hydrogens (tertiary/aromatic N) is 5. The summed E-state index contributed by atoms with van der Waals surface area (Å²) in [6, 6.07) is 18.9. The SMILES string of the molecule is N#Cc1ccc2nc(Nc3cccc(=O)[nH]3)c(N3CCN(C(=O)c4ccc(Cl)cc4)CC3)nc2c1. The molecule has 0 bridgehead atoms. The highest BCUT2D eigenvalue weighted by Gasteiger charge is 2.25. The molecule has 2 N–H and O–H groups in total. The first-order valence-electron chi connectivity index (χ1n) is 11.0. The van der Waals surface area contributed by atoms with Crippen molar-refractivity contribution in [3.05, 3.63) is 87.2 Å².